The summed E-state index contributed by atoms with van der Waals surface area (Å²) in [6.45, 7) is 0.493. The Bertz CT molecular complexity index is 924. The van der Waals surface area contributed by atoms with Crippen molar-refractivity contribution in [1.29, 1.82) is 0 Å². The molecule has 0 aliphatic heterocycles. The highest BCUT2D eigenvalue weighted by Crippen LogP contribution is 2.21. The highest BCUT2D eigenvalue weighted by molar-refractivity contribution is 7.90. The van der Waals surface area contributed by atoms with Crippen LogP contribution in [0, 0.1) is 0 Å². The van der Waals surface area contributed by atoms with Gasteiger partial charge in [-0.1, -0.05) is 30.3 Å². The molecule has 6 heteroatoms. The van der Waals surface area contributed by atoms with Gasteiger partial charge in [0.05, 0.1) is 0 Å². The van der Waals surface area contributed by atoms with Gasteiger partial charge in [-0.3, -0.25) is 4.98 Å². The van der Waals surface area contributed by atoms with E-state index in [2.05, 4.69) is 15.3 Å². The van der Waals surface area contributed by atoms with Gasteiger partial charge in [0.25, 0.3) is 0 Å². The topological polar surface area (TPSA) is 72.0 Å². The Morgan fingerprint density at radius 3 is 2.38 bits per heavy atom. The molecule has 24 heavy (non-hydrogen) atoms. The molecule has 2 heterocycles. The summed E-state index contributed by atoms with van der Waals surface area (Å²) in [5, 5.41) is 3.09. The van der Waals surface area contributed by atoms with Gasteiger partial charge < -0.3 is 5.32 Å². The van der Waals surface area contributed by atoms with Crippen molar-refractivity contribution in [3.05, 3.63) is 72.7 Å². The monoisotopic (exact) mass is 339 g/mol. The summed E-state index contributed by atoms with van der Waals surface area (Å²) in [5.41, 5.74) is 3.18. The minimum Gasteiger partial charge on any atom is -0.365 e. The highest BCUT2D eigenvalue weighted by Gasteiger charge is 2.13. The summed E-state index contributed by atoms with van der Waals surface area (Å²) in [7, 11) is -3.31. The minimum atomic E-state index is -3.31. The van der Waals surface area contributed by atoms with E-state index < -0.39 is 9.84 Å². The van der Waals surface area contributed by atoms with E-state index in [1.54, 1.807) is 24.5 Å². The lowest BCUT2D eigenvalue weighted by atomic mass is 10.1. The second-order valence-electron chi connectivity index (χ2n) is 5.41. The quantitative estimate of drug-likeness (QED) is 0.773. The molecule has 0 aliphatic rings. The van der Waals surface area contributed by atoms with Crippen molar-refractivity contribution in [2.24, 2.45) is 0 Å². The number of hydrogen-bond acceptors (Lipinski definition) is 5. The Morgan fingerprint density at radius 1 is 0.958 bits per heavy atom. The third-order valence-corrected chi connectivity index (χ3v) is 4.71. The molecule has 0 amide bonds. The fourth-order valence-electron chi connectivity index (χ4n) is 2.36. The number of anilines is 1. The van der Waals surface area contributed by atoms with Crippen molar-refractivity contribution in [3.63, 3.8) is 0 Å². The molecule has 0 unspecified atom stereocenters. The molecule has 0 spiro atoms. The van der Waals surface area contributed by atoms with Gasteiger partial charge in [-0.05, 0) is 34.9 Å². The molecule has 3 aromatic rings. The highest BCUT2D eigenvalue weighted by atomic mass is 32.2. The average Bonchev–Trinajstić information content (AvgIpc) is 2.61. The zero-order chi connectivity index (χ0) is 17.0. The molecule has 1 aromatic carbocycles. The minimum absolute atomic E-state index is 0.206. The van der Waals surface area contributed by atoms with Crippen molar-refractivity contribution in [3.8, 4) is 11.1 Å². The molecule has 0 saturated heterocycles. The summed E-state index contributed by atoms with van der Waals surface area (Å²) in [4.78, 5) is 8.45. The lowest BCUT2D eigenvalue weighted by molar-refractivity contribution is 0.601. The van der Waals surface area contributed by atoms with Gasteiger partial charge >= 0.3 is 0 Å². The number of nitrogens with zero attached hydrogens (tertiary/aromatic N) is 2. The van der Waals surface area contributed by atoms with Gasteiger partial charge in [0.2, 0.25) is 0 Å². The SMILES string of the molecule is CS(=O)(=O)c1cccnc1NCc1ccc(-c2cccnc2)cc1. The van der Waals surface area contributed by atoms with E-state index in [1.807, 2.05) is 42.6 Å². The third kappa shape index (κ3) is 3.78. The molecule has 2 aromatic heterocycles. The number of pyridine rings is 2. The van der Waals surface area contributed by atoms with Crippen LogP contribution in [0.1, 0.15) is 5.56 Å². The van der Waals surface area contributed by atoms with Crippen molar-refractivity contribution in [1.82, 2.24) is 9.97 Å². The Labute approximate surface area is 141 Å². The van der Waals surface area contributed by atoms with Crippen molar-refractivity contribution < 1.29 is 8.42 Å². The summed E-state index contributed by atoms with van der Waals surface area (Å²) in [6.07, 6.45) is 6.31. The fraction of sp³-hybridized carbons (Fsp3) is 0.111. The molecule has 1 N–H and O–H groups in total. The zero-order valence-corrected chi connectivity index (χ0v) is 14.0. The molecule has 0 fully saturated rings. The van der Waals surface area contributed by atoms with Crippen LogP contribution in [0.15, 0.2) is 72.0 Å². The molecular weight excluding hydrogens is 322 g/mol. The van der Waals surface area contributed by atoms with Crippen LogP contribution in [0.3, 0.4) is 0 Å². The van der Waals surface area contributed by atoms with E-state index in [4.69, 9.17) is 0 Å². The first kappa shape index (κ1) is 16.1. The first-order valence-corrected chi connectivity index (χ1v) is 9.31. The van der Waals surface area contributed by atoms with Crippen LogP contribution in [0.25, 0.3) is 11.1 Å². The summed E-state index contributed by atoms with van der Waals surface area (Å²) in [6, 6.07) is 15.1. The number of nitrogens with one attached hydrogen (secondary N) is 1. The summed E-state index contributed by atoms with van der Waals surface area (Å²) >= 11 is 0. The molecule has 0 saturated carbocycles. The maximum Gasteiger partial charge on any atom is 0.179 e. The summed E-state index contributed by atoms with van der Waals surface area (Å²) in [5.74, 6) is 0.372. The molecule has 0 atom stereocenters. The van der Waals surface area contributed by atoms with Crippen LogP contribution in [-0.2, 0) is 16.4 Å². The predicted molar refractivity (Wildman–Crippen MR) is 94.3 cm³/mol. The Hall–Kier alpha value is -2.73. The first-order chi connectivity index (χ1) is 11.5. The molecule has 0 radical (unpaired) electrons. The molecule has 0 aliphatic carbocycles. The van der Waals surface area contributed by atoms with Crippen molar-refractivity contribution >= 4 is 15.7 Å². The molecule has 0 bridgehead atoms. The molecule has 122 valence electrons. The Balaban J connectivity index is 1.75. The van der Waals surface area contributed by atoms with Crippen molar-refractivity contribution in [2.75, 3.05) is 11.6 Å². The van der Waals surface area contributed by atoms with E-state index in [0.29, 0.717) is 12.4 Å². The van der Waals surface area contributed by atoms with E-state index >= 15 is 0 Å². The maximum atomic E-state index is 11.8. The Kier molecular flexibility index (Phi) is 4.57. The Morgan fingerprint density at radius 2 is 1.71 bits per heavy atom. The third-order valence-electron chi connectivity index (χ3n) is 3.58. The van der Waals surface area contributed by atoms with Crippen LogP contribution in [0.5, 0.6) is 0 Å². The second kappa shape index (κ2) is 6.80. The lowest BCUT2D eigenvalue weighted by Crippen LogP contribution is -2.07. The van der Waals surface area contributed by atoms with Crippen LogP contribution in [0.4, 0.5) is 5.82 Å². The zero-order valence-electron chi connectivity index (χ0n) is 13.2. The number of sulfone groups is 1. The summed E-state index contributed by atoms with van der Waals surface area (Å²) < 4.78 is 23.6. The van der Waals surface area contributed by atoms with Crippen LogP contribution in [0.2, 0.25) is 0 Å². The molecular formula is C18H17N3O2S. The number of rotatable bonds is 5. The van der Waals surface area contributed by atoms with Gasteiger partial charge in [-0.15, -0.1) is 0 Å². The largest absolute Gasteiger partial charge is 0.365 e. The number of benzene rings is 1. The van der Waals surface area contributed by atoms with Crippen LogP contribution < -0.4 is 5.32 Å². The smallest absolute Gasteiger partial charge is 0.179 e. The van der Waals surface area contributed by atoms with Crippen LogP contribution in [-0.4, -0.2) is 24.6 Å². The van der Waals surface area contributed by atoms with Crippen LogP contribution >= 0.6 is 0 Å². The van der Waals surface area contributed by atoms with Gasteiger partial charge in [0, 0.05) is 31.4 Å². The normalized spacial score (nSPS) is 11.2. The van der Waals surface area contributed by atoms with Gasteiger partial charge in [-0.25, -0.2) is 13.4 Å². The number of hydrogen-bond donors (Lipinski definition) is 1. The average molecular weight is 339 g/mol. The maximum absolute atomic E-state index is 11.8. The second-order valence-corrected chi connectivity index (χ2v) is 7.40. The molecule has 3 rings (SSSR count). The number of aromatic nitrogens is 2. The van der Waals surface area contributed by atoms with E-state index in [1.165, 1.54) is 6.26 Å². The lowest BCUT2D eigenvalue weighted by Gasteiger charge is -2.10. The predicted octanol–water partition coefficient (Wildman–Crippen LogP) is 3.16. The van der Waals surface area contributed by atoms with Gasteiger partial charge in [0.1, 0.15) is 10.7 Å². The first-order valence-electron chi connectivity index (χ1n) is 7.42. The van der Waals surface area contributed by atoms with E-state index in [-0.39, 0.29) is 4.90 Å². The van der Waals surface area contributed by atoms with E-state index in [0.717, 1.165) is 16.7 Å². The van der Waals surface area contributed by atoms with Gasteiger partial charge in [-0.2, -0.15) is 0 Å². The van der Waals surface area contributed by atoms with Gasteiger partial charge in [0.15, 0.2) is 9.84 Å². The van der Waals surface area contributed by atoms with Crippen molar-refractivity contribution in [2.45, 2.75) is 11.4 Å². The standard InChI is InChI=1S/C18H17N3O2S/c1-24(22,23)17-5-3-11-20-18(17)21-12-14-6-8-15(9-7-14)16-4-2-10-19-13-16/h2-11,13H,12H2,1H3,(H,20,21). The van der Waals surface area contributed by atoms with E-state index in [9.17, 15) is 8.42 Å². The molecule has 5 nitrogen and oxygen atoms in total. The fourth-order valence-corrected chi connectivity index (χ4v) is 3.16.